The summed E-state index contributed by atoms with van der Waals surface area (Å²) in [6, 6.07) is 26.4. The summed E-state index contributed by atoms with van der Waals surface area (Å²) >= 11 is 0. The number of hydrogen-bond donors (Lipinski definition) is 0. The normalized spacial score (nSPS) is 11.4. The predicted molar refractivity (Wildman–Crippen MR) is 99.6 cm³/mol. The van der Waals surface area contributed by atoms with Crippen LogP contribution in [0, 0.1) is 6.07 Å². The lowest BCUT2D eigenvalue weighted by atomic mass is 9.99. The molecule has 3 aromatic carbocycles. The first-order chi connectivity index (χ1) is 12.3. The van der Waals surface area contributed by atoms with Crippen molar-refractivity contribution in [3.8, 4) is 11.1 Å². The molecule has 0 bridgehead atoms. The zero-order chi connectivity index (χ0) is 16.8. The third-order valence-corrected chi connectivity index (χ3v) is 4.38. The largest absolute Gasteiger partial charge is 0.422 e. The van der Waals surface area contributed by atoms with Crippen molar-refractivity contribution in [2.24, 2.45) is 0 Å². The van der Waals surface area contributed by atoms with E-state index in [1.165, 1.54) is 0 Å². The Bertz CT molecular complexity index is 1320. The molecule has 2 heterocycles. The number of hydrogen-bond acceptors (Lipinski definition) is 3. The first-order valence-corrected chi connectivity index (χ1v) is 8.04. The van der Waals surface area contributed by atoms with E-state index in [2.05, 4.69) is 6.07 Å². The number of fused-ring (bicyclic) bond motifs is 3. The zero-order valence-electron chi connectivity index (χ0n) is 13.2. The van der Waals surface area contributed by atoms with E-state index in [1.807, 2.05) is 66.7 Å². The number of nitrogens with zero attached hydrogens (tertiary/aromatic N) is 1. The van der Waals surface area contributed by atoms with Gasteiger partial charge in [-0.3, -0.25) is 0 Å². The van der Waals surface area contributed by atoms with E-state index in [4.69, 9.17) is 9.40 Å². The van der Waals surface area contributed by atoms with E-state index >= 15 is 0 Å². The first-order valence-electron chi connectivity index (χ1n) is 8.04. The lowest BCUT2D eigenvalue weighted by Gasteiger charge is -2.07. The highest BCUT2D eigenvalue weighted by molar-refractivity contribution is 6.01. The van der Waals surface area contributed by atoms with Gasteiger partial charge in [0.25, 0.3) is 0 Å². The van der Waals surface area contributed by atoms with Gasteiger partial charge in [-0.15, -0.1) is 0 Å². The van der Waals surface area contributed by atoms with Crippen LogP contribution in [-0.2, 0) is 0 Å². The Kier molecular flexibility index (Phi) is 2.94. The lowest BCUT2D eigenvalue weighted by Crippen LogP contribution is -2.03. The Morgan fingerprint density at radius 2 is 1.60 bits per heavy atom. The Morgan fingerprint density at radius 1 is 0.800 bits per heavy atom. The smallest absolute Gasteiger partial charge is 0.344 e. The standard InChI is InChI=1S/C22H12NO2/c24-22-18(13-15-7-2-4-11-21(15)25-22)16-8-5-10-20-17(16)12-14-6-1-3-9-19(14)23-20/h1-11,13H. The third kappa shape index (κ3) is 2.21. The minimum absolute atomic E-state index is 0.354. The average molecular weight is 322 g/mol. The van der Waals surface area contributed by atoms with Gasteiger partial charge in [0.1, 0.15) is 5.58 Å². The van der Waals surface area contributed by atoms with Crippen LogP contribution in [0.25, 0.3) is 43.9 Å². The van der Waals surface area contributed by atoms with Crippen LogP contribution in [-0.4, -0.2) is 4.98 Å². The van der Waals surface area contributed by atoms with Gasteiger partial charge < -0.3 is 4.42 Å². The molecule has 0 saturated heterocycles. The molecule has 3 nitrogen and oxygen atoms in total. The van der Waals surface area contributed by atoms with Gasteiger partial charge in [-0.2, -0.15) is 0 Å². The number of rotatable bonds is 1. The third-order valence-electron chi connectivity index (χ3n) is 4.38. The highest BCUT2D eigenvalue weighted by Crippen LogP contribution is 2.29. The quantitative estimate of drug-likeness (QED) is 0.323. The minimum atomic E-state index is -0.354. The molecule has 1 radical (unpaired) electrons. The van der Waals surface area contributed by atoms with Crippen LogP contribution in [0.2, 0.25) is 0 Å². The summed E-state index contributed by atoms with van der Waals surface area (Å²) in [5.41, 5.74) is 3.24. The molecular weight excluding hydrogens is 310 g/mol. The zero-order valence-corrected chi connectivity index (χ0v) is 13.2. The van der Waals surface area contributed by atoms with Crippen molar-refractivity contribution < 1.29 is 4.42 Å². The van der Waals surface area contributed by atoms with Crippen molar-refractivity contribution in [2.75, 3.05) is 0 Å². The number of para-hydroxylation sites is 2. The monoisotopic (exact) mass is 322 g/mol. The molecule has 117 valence electrons. The van der Waals surface area contributed by atoms with Crippen molar-refractivity contribution in [1.29, 1.82) is 0 Å². The van der Waals surface area contributed by atoms with Crippen LogP contribution in [0.15, 0.2) is 82.0 Å². The number of pyridine rings is 1. The lowest BCUT2D eigenvalue weighted by molar-refractivity contribution is 0.563. The molecule has 0 atom stereocenters. The summed E-state index contributed by atoms with van der Waals surface area (Å²) in [4.78, 5) is 17.2. The second kappa shape index (κ2) is 5.28. The van der Waals surface area contributed by atoms with Gasteiger partial charge in [-0.25, -0.2) is 9.78 Å². The molecule has 5 rings (SSSR count). The van der Waals surface area contributed by atoms with E-state index in [-0.39, 0.29) is 5.63 Å². The molecule has 0 aliphatic heterocycles. The molecule has 2 aromatic heterocycles. The molecule has 5 aromatic rings. The fraction of sp³-hybridized carbons (Fsp3) is 0. The summed E-state index contributed by atoms with van der Waals surface area (Å²) in [6.45, 7) is 0. The summed E-state index contributed by atoms with van der Waals surface area (Å²) in [5.74, 6) is 0. The van der Waals surface area contributed by atoms with Gasteiger partial charge in [0.2, 0.25) is 0 Å². The molecule has 0 N–H and O–H groups in total. The van der Waals surface area contributed by atoms with Gasteiger partial charge in [-0.05, 0) is 29.8 Å². The molecular formula is C22H12NO2. The molecule has 25 heavy (non-hydrogen) atoms. The van der Waals surface area contributed by atoms with Gasteiger partial charge in [0.05, 0.1) is 16.6 Å². The highest BCUT2D eigenvalue weighted by atomic mass is 16.4. The maximum atomic E-state index is 12.5. The van der Waals surface area contributed by atoms with Crippen LogP contribution in [0.5, 0.6) is 0 Å². The Hall–Kier alpha value is -3.46. The summed E-state index contributed by atoms with van der Waals surface area (Å²) in [5, 5.41) is 2.64. The van der Waals surface area contributed by atoms with Gasteiger partial charge in [0, 0.05) is 22.2 Å². The van der Waals surface area contributed by atoms with Crippen molar-refractivity contribution in [1.82, 2.24) is 4.98 Å². The van der Waals surface area contributed by atoms with E-state index in [0.29, 0.717) is 11.1 Å². The number of benzene rings is 3. The maximum absolute atomic E-state index is 12.5. The SMILES string of the molecule is O=c1oc2ccccc2cc1-c1cccc2nc3ccccc3[c]c12. The Morgan fingerprint density at radius 3 is 2.56 bits per heavy atom. The fourth-order valence-corrected chi connectivity index (χ4v) is 3.18. The van der Waals surface area contributed by atoms with E-state index in [1.54, 1.807) is 6.07 Å². The van der Waals surface area contributed by atoms with Crippen LogP contribution in [0.3, 0.4) is 0 Å². The van der Waals surface area contributed by atoms with Gasteiger partial charge >= 0.3 is 5.63 Å². The van der Waals surface area contributed by atoms with Crippen molar-refractivity contribution in [2.45, 2.75) is 0 Å². The molecule has 0 fully saturated rings. The Labute approximate surface area is 143 Å². The second-order valence-corrected chi connectivity index (χ2v) is 5.94. The molecule has 0 saturated carbocycles. The van der Waals surface area contributed by atoms with Crippen molar-refractivity contribution in [3.05, 3.63) is 89.3 Å². The second-order valence-electron chi connectivity index (χ2n) is 5.94. The Balaban J connectivity index is 1.87. The van der Waals surface area contributed by atoms with E-state index in [0.717, 1.165) is 32.8 Å². The van der Waals surface area contributed by atoms with Crippen LogP contribution in [0.1, 0.15) is 0 Å². The molecule has 0 aliphatic rings. The maximum Gasteiger partial charge on any atom is 0.344 e. The summed E-state index contributed by atoms with van der Waals surface area (Å²) in [7, 11) is 0. The highest BCUT2D eigenvalue weighted by Gasteiger charge is 2.12. The fourth-order valence-electron chi connectivity index (χ4n) is 3.18. The number of aromatic nitrogens is 1. The molecule has 0 aliphatic carbocycles. The molecule has 0 amide bonds. The van der Waals surface area contributed by atoms with Crippen LogP contribution >= 0.6 is 0 Å². The average Bonchev–Trinajstić information content (AvgIpc) is 2.65. The minimum Gasteiger partial charge on any atom is -0.422 e. The predicted octanol–water partition coefficient (Wildman–Crippen LogP) is 4.96. The van der Waals surface area contributed by atoms with E-state index < -0.39 is 0 Å². The topological polar surface area (TPSA) is 43.1 Å². The molecule has 0 unspecified atom stereocenters. The molecule has 3 heteroatoms. The summed E-state index contributed by atoms with van der Waals surface area (Å²) in [6.07, 6.45) is 0. The summed E-state index contributed by atoms with van der Waals surface area (Å²) < 4.78 is 5.49. The van der Waals surface area contributed by atoms with Crippen molar-refractivity contribution in [3.63, 3.8) is 0 Å². The van der Waals surface area contributed by atoms with E-state index in [9.17, 15) is 4.79 Å². The van der Waals surface area contributed by atoms with Gasteiger partial charge in [0.15, 0.2) is 0 Å². The van der Waals surface area contributed by atoms with Crippen LogP contribution in [0.4, 0.5) is 0 Å². The first kappa shape index (κ1) is 13.9. The van der Waals surface area contributed by atoms with Crippen LogP contribution < -0.4 is 5.63 Å². The van der Waals surface area contributed by atoms with Gasteiger partial charge in [-0.1, -0.05) is 48.5 Å². The molecule has 0 spiro atoms. The van der Waals surface area contributed by atoms with Crippen molar-refractivity contribution >= 4 is 32.8 Å².